The van der Waals surface area contributed by atoms with Crippen molar-refractivity contribution < 1.29 is 9.53 Å². The van der Waals surface area contributed by atoms with Crippen LogP contribution in [0.2, 0.25) is 10.0 Å². The van der Waals surface area contributed by atoms with Crippen molar-refractivity contribution in [2.24, 2.45) is 0 Å². The second-order valence-electron chi connectivity index (χ2n) is 5.02. The molecule has 3 rings (SSSR count). The number of nitrogens with one attached hydrogen (secondary N) is 1. The summed E-state index contributed by atoms with van der Waals surface area (Å²) in [5.74, 6) is 0.164. The van der Waals surface area contributed by atoms with E-state index in [0.29, 0.717) is 22.3 Å². The fourth-order valence-electron chi connectivity index (χ4n) is 2.11. The molecule has 1 heterocycles. The number of benzene rings is 2. The fourth-order valence-corrected chi connectivity index (χ4v) is 2.57. The second kappa shape index (κ2) is 7.47. The highest BCUT2D eigenvalue weighted by atomic mass is 35.5. The molecule has 1 aromatic heterocycles. The Bertz CT molecular complexity index is 887. The number of aromatic nitrogens is 2. The molecule has 0 fully saturated rings. The maximum atomic E-state index is 11.9. The summed E-state index contributed by atoms with van der Waals surface area (Å²) < 4.78 is 5.39. The molecule has 5 nitrogen and oxygen atoms in total. The highest BCUT2D eigenvalue weighted by molar-refractivity contribution is 6.35. The largest absolute Gasteiger partial charge is 0.482 e. The summed E-state index contributed by atoms with van der Waals surface area (Å²) in [6.45, 7) is 0.248. The summed E-state index contributed by atoms with van der Waals surface area (Å²) >= 11 is 11.8. The lowest BCUT2D eigenvalue weighted by Gasteiger charge is -2.09. The van der Waals surface area contributed by atoms with Crippen molar-refractivity contribution in [3.63, 3.8) is 0 Å². The topological polar surface area (TPSA) is 64.1 Å². The van der Waals surface area contributed by atoms with Crippen LogP contribution in [0.4, 0.5) is 0 Å². The van der Waals surface area contributed by atoms with Gasteiger partial charge in [-0.1, -0.05) is 29.3 Å². The Morgan fingerprint density at radius 2 is 1.83 bits per heavy atom. The van der Waals surface area contributed by atoms with Gasteiger partial charge in [0, 0.05) is 24.0 Å². The van der Waals surface area contributed by atoms with Crippen LogP contribution < -0.4 is 10.1 Å². The third kappa shape index (κ3) is 4.13. The van der Waals surface area contributed by atoms with E-state index < -0.39 is 0 Å². The number of hydrogen-bond donors (Lipinski definition) is 1. The average Bonchev–Trinajstić information content (AvgIpc) is 2.59. The van der Waals surface area contributed by atoms with Crippen LogP contribution in [0.15, 0.2) is 48.8 Å². The van der Waals surface area contributed by atoms with Gasteiger partial charge in [-0.25, -0.2) is 0 Å². The Hall–Kier alpha value is -2.37. The van der Waals surface area contributed by atoms with E-state index in [0.717, 1.165) is 16.6 Å². The fraction of sp³-hybridized carbons (Fsp3) is 0.118. The minimum absolute atomic E-state index is 0.130. The summed E-state index contributed by atoms with van der Waals surface area (Å²) in [6.07, 6.45) is 3.28. The van der Waals surface area contributed by atoms with Gasteiger partial charge in [-0.3, -0.25) is 14.8 Å². The van der Waals surface area contributed by atoms with Gasteiger partial charge in [0.2, 0.25) is 0 Å². The third-order valence-corrected chi connectivity index (χ3v) is 3.81. The van der Waals surface area contributed by atoms with Crippen LogP contribution in [0.1, 0.15) is 5.56 Å². The molecule has 0 atom stereocenters. The van der Waals surface area contributed by atoms with E-state index in [-0.39, 0.29) is 12.5 Å². The van der Waals surface area contributed by atoms with Crippen LogP contribution in [0.5, 0.6) is 5.75 Å². The standard InChI is InChI=1S/C17H13Cl2N3O2/c18-12-2-4-16(13(19)8-12)24-10-17(23)22-9-11-1-3-14-15(7-11)21-6-5-20-14/h1-8H,9-10H2,(H,22,23). The molecule has 1 amide bonds. The number of carbonyl (C=O) groups excluding carboxylic acids is 1. The Kier molecular flexibility index (Phi) is 5.13. The lowest BCUT2D eigenvalue weighted by atomic mass is 10.2. The lowest BCUT2D eigenvalue weighted by molar-refractivity contribution is -0.123. The van der Waals surface area contributed by atoms with Gasteiger partial charge in [0.15, 0.2) is 6.61 Å². The molecule has 0 saturated heterocycles. The van der Waals surface area contributed by atoms with Crippen LogP contribution in [-0.4, -0.2) is 22.5 Å². The van der Waals surface area contributed by atoms with Crippen molar-refractivity contribution in [1.29, 1.82) is 0 Å². The van der Waals surface area contributed by atoms with E-state index >= 15 is 0 Å². The first-order valence-electron chi connectivity index (χ1n) is 7.16. The summed E-state index contributed by atoms with van der Waals surface area (Å²) in [5, 5.41) is 3.66. The molecule has 0 aliphatic heterocycles. The Balaban J connectivity index is 1.54. The van der Waals surface area contributed by atoms with E-state index in [1.165, 1.54) is 0 Å². The smallest absolute Gasteiger partial charge is 0.258 e. The maximum Gasteiger partial charge on any atom is 0.258 e. The first-order valence-corrected chi connectivity index (χ1v) is 7.91. The average molecular weight is 362 g/mol. The van der Waals surface area contributed by atoms with Gasteiger partial charge in [-0.2, -0.15) is 0 Å². The minimum Gasteiger partial charge on any atom is -0.482 e. The van der Waals surface area contributed by atoms with Crippen molar-refractivity contribution in [1.82, 2.24) is 15.3 Å². The van der Waals surface area contributed by atoms with Crippen molar-refractivity contribution in [2.45, 2.75) is 6.54 Å². The molecule has 122 valence electrons. The molecular formula is C17H13Cl2N3O2. The normalized spacial score (nSPS) is 10.6. The van der Waals surface area contributed by atoms with Crippen molar-refractivity contribution in [3.8, 4) is 5.75 Å². The number of hydrogen-bond acceptors (Lipinski definition) is 4. The summed E-state index contributed by atoms with van der Waals surface area (Å²) in [6, 6.07) is 10.5. The van der Waals surface area contributed by atoms with Gasteiger partial charge in [-0.05, 0) is 35.9 Å². The first-order chi connectivity index (χ1) is 11.6. The molecule has 1 N–H and O–H groups in total. The molecular weight excluding hydrogens is 349 g/mol. The molecule has 3 aromatic rings. The number of halogens is 2. The van der Waals surface area contributed by atoms with Crippen LogP contribution in [0, 0.1) is 0 Å². The number of fused-ring (bicyclic) bond motifs is 1. The van der Waals surface area contributed by atoms with Gasteiger partial charge in [0.1, 0.15) is 5.75 Å². The van der Waals surface area contributed by atoms with Crippen LogP contribution >= 0.6 is 23.2 Å². The van der Waals surface area contributed by atoms with Crippen molar-refractivity contribution in [3.05, 3.63) is 64.4 Å². The number of rotatable bonds is 5. The second-order valence-corrected chi connectivity index (χ2v) is 5.86. The molecule has 0 spiro atoms. The summed E-state index contributed by atoms with van der Waals surface area (Å²) in [7, 11) is 0. The molecule has 0 radical (unpaired) electrons. The van der Waals surface area contributed by atoms with E-state index in [4.69, 9.17) is 27.9 Å². The quantitative estimate of drug-likeness (QED) is 0.753. The highest BCUT2D eigenvalue weighted by Gasteiger charge is 2.07. The van der Waals surface area contributed by atoms with E-state index in [1.807, 2.05) is 18.2 Å². The van der Waals surface area contributed by atoms with E-state index in [1.54, 1.807) is 30.6 Å². The molecule has 0 aliphatic rings. The molecule has 0 aliphatic carbocycles. The molecule has 24 heavy (non-hydrogen) atoms. The number of amides is 1. The van der Waals surface area contributed by atoms with Gasteiger partial charge in [0.05, 0.1) is 16.1 Å². The zero-order chi connectivity index (χ0) is 16.9. The number of ether oxygens (including phenoxy) is 1. The Morgan fingerprint density at radius 3 is 2.62 bits per heavy atom. The monoisotopic (exact) mass is 361 g/mol. The third-order valence-electron chi connectivity index (χ3n) is 3.28. The van der Waals surface area contributed by atoms with Gasteiger partial charge < -0.3 is 10.1 Å². The van der Waals surface area contributed by atoms with Gasteiger partial charge in [0.25, 0.3) is 5.91 Å². The van der Waals surface area contributed by atoms with Crippen molar-refractivity contribution >= 4 is 40.1 Å². The summed E-state index contributed by atoms with van der Waals surface area (Å²) in [5.41, 5.74) is 2.53. The Labute approximate surface area is 148 Å². The predicted molar refractivity (Wildman–Crippen MR) is 93.3 cm³/mol. The zero-order valence-electron chi connectivity index (χ0n) is 12.5. The summed E-state index contributed by atoms with van der Waals surface area (Å²) in [4.78, 5) is 20.3. The van der Waals surface area contributed by atoms with E-state index in [9.17, 15) is 4.79 Å². The Morgan fingerprint density at radius 1 is 1.04 bits per heavy atom. The predicted octanol–water partition coefficient (Wildman–Crippen LogP) is 3.63. The molecule has 2 aromatic carbocycles. The molecule has 0 unspecified atom stereocenters. The maximum absolute atomic E-state index is 11.9. The number of nitrogens with zero attached hydrogens (tertiary/aromatic N) is 2. The van der Waals surface area contributed by atoms with Gasteiger partial charge >= 0.3 is 0 Å². The SMILES string of the molecule is O=C(COc1ccc(Cl)cc1Cl)NCc1ccc2nccnc2c1. The van der Waals surface area contributed by atoms with Crippen molar-refractivity contribution in [2.75, 3.05) is 6.61 Å². The molecule has 7 heteroatoms. The minimum atomic E-state index is -0.250. The van der Waals surface area contributed by atoms with E-state index in [2.05, 4.69) is 15.3 Å². The number of carbonyl (C=O) groups is 1. The van der Waals surface area contributed by atoms with Crippen LogP contribution in [-0.2, 0) is 11.3 Å². The van der Waals surface area contributed by atoms with Crippen LogP contribution in [0.3, 0.4) is 0 Å². The highest BCUT2D eigenvalue weighted by Crippen LogP contribution is 2.27. The van der Waals surface area contributed by atoms with Gasteiger partial charge in [-0.15, -0.1) is 0 Å². The molecule has 0 saturated carbocycles. The first kappa shape index (κ1) is 16.5. The molecule has 0 bridgehead atoms. The zero-order valence-corrected chi connectivity index (χ0v) is 14.0. The lowest BCUT2D eigenvalue weighted by Crippen LogP contribution is -2.28. The van der Waals surface area contributed by atoms with Crippen LogP contribution in [0.25, 0.3) is 11.0 Å².